The van der Waals surface area contributed by atoms with Gasteiger partial charge in [0.05, 0.1) is 10.3 Å². The van der Waals surface area contributed by atoms with Crippen LogP contribution >= 0.6 is 0 Å². The molecule has 19 heavy (non-hydrogen) atoms. The van der Waals surface area contributed by atoms with Gasteiger partial charge in [-0.05, 0) is 6.07 Å². The van der Waals surface area contributed by atoms with Crippen molar-refractivity contribution >= 4 is 22.6 Å². The van der Waals surface area contributed by atoms with Gasteiger partial charge in [0, 0.05) is 12.1 Å². The zero-order chi connectivity index (χ0) is 14.0. The number of fused-ring (bicyclic) bond motifs is 1. The van der Waals surface area contributed by atoms with Crippen LogP contribution in [0.25, 0.3) is 11.0 Å². The van der Waals surface area contributed by atoms with Gasteiger partial charge in [-0.3, -0.25) is 10.1 Å². The van der Waals surface area contributed by atoms with Crippen molar-refractivity contribution in [3.63, 3.8) is 0 Å². The summed E-state index contributed by atoms with van der Waals surface area (Å²) in [6.45, 7) is 3.52. The molecule has 0 saturated heterocycles. The molecule has 0 spiro atoms. The number of hydrogen-bond acceptors (Lipinski definition) is 5. The first-order chi connectivity index (χ1) is 9.04. The van der Waals surface area contributed by atoms with E-state index in [1.807, 2.05) is 0 Å². The highest BCUT2D eigenvalue weighted by Crippen LogP contribution is 2.35. The second-order valence-electron chi connectivity index (χ2n) is 3.60. The van der Waals surface area contributed by atoms with Gasteiger partial charge >= 0.3 is 5.97 Å². The van der Waals surface area contributed by atoms with Crippen LogP contribution in [0.15, 0.2) is 35.3 Å². The van der Waals surface area contributed by atoms with Gasteiger partial charge < -0.3 is 14.3 Å². The number of carboxylic acids is 1. The molecule has 0 saturated carbocycles. The number of rotatable bonds is 5. The van der Waals surface area contributed by atoms with Gasteiger partial charge in [-0.25, -0.2) is 4.79 Å². The highest BCUT2D eigenvalue weighted by molar-refractivity contribution is 5.98. The van der Waals surface area contributed by atoms with E-state index in [1.165, 1.54) is 24.3 Å². The SMILES string of the molecule is C=CCOc1c(C(=O)O)oc2ccc([N+](=O)[O-])cc12. The van der Waals surface area contributed by atoms with E-state index in [0.29, 0.717) is 0 Å². The molecule has 0 amide bonds. The maximum atomic E-state index is 11.0. The van der Waals surface area contributed by atoms with Crippen LogP contribution in [0.1, 0.15) is 10.6 Å². The lowest BCUT2D eigenvalue weighted by Crippen LogP contribution is -2.00. The van der Waals surface area contributed by atoms with E-state index in [9.17, 15) is 14.9 Å². The standard InChI is InChI=1S/C12H9NO6/c1-2-5-18-10-8-6-7(13(16)17)3-4-9(8)19-11(10)12(14)15/h2-4,6H,1,5H2,(H,14,15). The molecule has 7 heteroatoms. The summed E-state index contributed by atoms with van der Waals surface area (Å²) in [5, 5.41) is 20.0. The van der Waals surface area contributed by atoms with Crippen molar-refractivity contribution in [3.05, 3.63) is 46.7 Å². The second kappa shape index (κ2) is 4.81. The molecule has 0 atom stereocenters. The van der Waals surface area contributed by atoms with Crippen molar-refractivity contribution in [1.29, 1.82) is 0 Å². The van der Waals surface area contributed by atoms with E-state index in [0.717, 1.165) is 0 Å². The number of furan rings is 1. The van der Waals surface area contributed by atoms with Crippen molar-refractivity contribution in [2.45, 2.75) is 0 Å². The summed E-state index contributed by atoms with van der Waals surface area (Å²) in [7, 11) is 0. The van der Waals surface area contributed by atoms with Crippen LogP contribution in [-0.4, -0.2) is 22.6 Å². The van der Waals surface area contributed by atoms with Crippen molar-refractivity contribution in [2.75, 3.05) is 6.61 Å². The van der Waals surface area contributed by atoms with Gasteiger partial charge in [0.15, 0.2) is 5.75 Å². The van der Waals surface area contributed by atoms with Crippen molar-refractivity contribution in [1.82, 2.24) is 0 Å². The maximum absolute atomic E-state index is 11.0. The fourth-order valence-electron chi connectivity index (χ4n) is 1.60. The molecule has 98 valence electrons. The number of nitro benzene ring substituents is 1. The van der Waals surface area contributed by atoms with Crippen molar-refractivity contribution in [2.24, 2.45) is 0 Å². The Balaban J connectivity index is 2.65. The number of carbonyl (C=O) groups is 1. The Morgan fingerprint density at radius 3 is 2.89 bits per heavy atom. The average molecular weight is 263 g/mol. The number of nitro groups is 1. The molecular formula is C12H9NO6. The van der Waals surface area contributed by atoms with Gasteiger partial charge in [-0.2, -0.15) is 0 Å². The molecule has 1 aromatic carbocycles. The fraction of sp³-hybridized carbons (Fsp3) is 0.0833. The number of aromatic carboxylic acids is 1. The summed E-state index contributed by atoms with van der Waals surface area (Å²) >= 11 is 0. The van der Waals surface area contributed by atoms with Crippen LogP contribution in [0.4, 0.5) is 5.69 Å². The third-order valence-corrected chi connectivity index (χ3v) is 2.38. The molecule has 7 nitrogen and oxygen atoms in total. The van der Waals surface area contributed by atoms with Crippen LogP contribution in [0.2, 0.25) is 0 Å². The fourth-order valence-corrected chi connectivity index (χ4v) is 1.60. The number of nitrogens with zero attached hydrogens (tertiary/aromatic N) is 1. The maximum Gasteiger partial charge on any atom is 0.375 e. The van der Waals surface area contributed by atoms with E-state index >= 15 is 0 Å². The van der Waals surface area contributed by atoms with Crippen LogP contribution in [0.3, 0.4) is 0 Å². The van der Waals surface area contributed by atoms with E-state index < -0.39 is 16.7 Å². The second-order valence-corrected chi connectivity index (χ2v) is 3.60. The van der Waals surface area contributed by atoms with Gasteiger partial charge in [0.1, 0.15) is 12.2 Å². The van der Waals surface area contributed by atoms with Gasteiger partial charge in [-0.15, -0.1) is 0 Å². The zero-order valence-corrected chi connectivity index (χ0v) is 9.66. The lowest BCUT2D eigenvalue weighted by atomic mass is 10.2. The van der Waals surface area contributed by atoms with Gasteiger partial charge in [0.25, 0.3) is 11.4 Å². The molecule has 0 unspecified atom stereocenters. The van der Waals surface area contributed by atoms with Crippen LogP contribution in [0.5, 0.6) is 5.75 Å². The molecule has 1 N–H and O–H groups in total. The largest absolute Gasteiger partial charge is 0.485 e. The Kier molecular flexibility index (Phi) is 3.19. The Morgan fingerprint density at radius 1 is 1.58 bits per heavy atom. The number of benzene rings is 1. The Morgan fingerprint density at radius 2 is 2.32 bits per heavy atom. The van der Waals surface area contributed by atoms with E-state index in [4.69, 9.17) is 14.3 Å². The Hall–Kier alpha value is -2.83. The lowest BCUT2D eigenvalue weighted by molar-refractivity contribution is -0.384. The average Bonchev–Trinajstić information content (AvgIpc) is 2.74. The number of non-ortho nitro benzene ring substituents is 1. The van der Waals surface area contributed by atoms with Crippen LogP contribution in [-0.2, 0) is 0 Å². The number of hydrogen-bond donors (Lipinski definition) is 1. The number of carboxylic acid groups (broad SMARTS) is 1. The quantitative estimate of drug-likeness (QED) is 0.505. The summed E-state index contributed by atoms with van der Waals surface area (Å²) < 4.78 is 10.3. The molecule has 2 rings (SSSR count). The summed E-state index contributed by atoms with van der Waals surface area (Å²) in [6, 6.07) is 3.78. The minimum absolute atomic E-state index is 0.0360. The molecule has 0 aliphatic heterocycles. The molecule has 1 heterocycles. The molecule has 0 radical (unpaired) electrons. The third-order valence-electron chi connectivity index (χ3n) is 2.38. The monoisotopic (exact) mass is 263 g/mol. The highest BCUT2D eigenvalue weighted by Gasteiger charge is 2.23. The first kappa shape index (κ1) is 12.6. The predicted molar refractivity (Wildman–Crippen MR) is 65.5 cm³/mol. The van der Waals surface area contributed by atoms with E-state index in [2.05, 4.69) is 6.58 Å². The van der Waals surface area contributed by atoms with Gasteiger partial charge in [0.2, 0.25) is 0 Å². The molecule has 0 bridgehead atoms. The molecule has 0 aliphatic rings. The first-order valence-electron chi connectivity index (χ1n) is 5.22. The van der Waals surface area contributed by atoms with Crippen LogP contribution < -0.4 is 4.74 Å². The molecular weight excluding hydrogens is 254 g/mol. The molecule has 2 aromatic rings. The molecule has 0 aliphatic carbocycles. The highest BCUT2D eigenvalue weighted by atomic mass is 16.6. The minimum atomic E-state index is -1.31. The summed E-state index contributed by atoms with van der Waals surface area (Å²) in [5.41, 5.74) is 0.0377. The van der Waals surface area contributed by atoms with Crippen molar-refractivity contribution < 1.29 is 24.0 Å². The zero-order valence-electron chi connectivity index (χ0n) is 9.66. The normalized spacial score (nSPS) is 10.3. The first-order valence-corrected chi connectivity index (χ1v) is 5.22. The van der Waals surface area contributed by atoms with E-state index in [1.54, 1.807) is 0 Å². The predicted octanol–water partition coefficient (Wildman–Crippen LogP) is 2.60. The third kappa shape index (κ3) is 2.25. The van der Waals surface area contributed by atoms with E-state index in [-0.39, 0.29) is 29.0 Å². The minimum Gasteiger partial charge on any atom is -0.485 e. The topological polar surface area (TPSA) is 103 Å². The number of ether oxygens (including phenoxy) is 1. The summed E-state index contributed by atoms with van der Waals surface area (Å²) in [6.07, 6.45) is 1.43. The lowest BCUT2D eigenvalue weighted by Gasteiger charge is -2.01. The summed E-state index contributed by atoms with van der Waals surface area (Å²) in [4.78, 5) is 21.2. The van der Waals surface area contributed by atoms with Gasteiger partial charge in [-0.1, -0.05) is 12.7 Å². The Bertz CT molecular complexity index is 672. The molecule has 0 fully saturated rings. The Labute approximate surface area is 106 Å². The molecule has 1 aromatic heterocycles. The summed E-state index contributed by atoms with van der Waals surface area (Å²) in [5.74, 6) is -1.73. The van der Waals surface area contributed by atoms with Crippen LogP contribution in [0, 0.1) is 10.1 Å². The smallest absolute Gasteiger partial charge is 0.375 e. The van der Waals surface area contributed by atoms with Crippen molar-refractivity contribution in [3.8, 4) is 5.75 Å².